The molecule has 21 heavy (non-hydrogen) atoms. The topological polar surface area (TPSA) is 32.7 Å². The van der Waals surface area contributed by atoms with Crippen LogP contribution in [0, 0.1) is 12.8 Å². The number of rotatable bonds is 4. The minimum Gasteiger partial charge on any atom is -0.364 e. The molecule has 0 radical (unpaired) electrons. The Balaban J connectivity index is 1.58. The summed E-state index contributed by atoms with van der Waals surface area (Å²) in [5.74, 6) is 0.581. The summed E-state index contributed by atoms with van der Waals surface area (Å²) in [4.78, 5) is 2.64. The Kier molecular flexibility index (Phi) is 4.94. The van der Waals surface area contributed by atoms with Crippen LogP contribution in [0.5, 0.6) is 0 Å². The van der Waals surface area contributed by atoms with E-state index in [2.05, 4.69) is 4.90 Å². The van der Waals surface area contributed by atoms with Gasteiger partial charge in [0, 0.05) is 11.6 Å². The molecule has 3 atom stereocenters. The molecule has 2 heterocycles. The zero-order valence-corrected chi connectivity index (χ0v) is 13.0. The van der Waals surface area contributed by atoms with Crippen molar-refractivity contribution in [2.75, 3.05) is 19.7 Å². The highest BCUT2D eigenvalue weighted by molar-refractivity contribution is 5.26. The molecule has 0 saturated carbocycles. The van der Waals surface area contributed by atoms with Gasteiger partial charge in [-0.3, -0.25) is 0 Å². The maximum Gasteiger partial charge on any atom is 0.181 e. The summed E-state index contributed by atoms with van der Waals surface area (Å²) in [7, 11) is 0. The van der Waals surface area contributed by atoms with Gasteiger partial charge < -0.3 is 14.7 Å². The summed E-state index contributed by atoms with van der Waals surface area (Å²) in [6.45, 7) is 5.20. The van der Waals surface area contributed by atoms with Gasteiger partial charge in [-0.05, 0) is 57.2 Å². The average Bonchev–Trinajstić information content (AvgIpc) is 2.53. The Morgan fingerprint density at radius 2 is 2.00 bits per heavy atom. The minimum atomic E-state index is -0.787. The van der Waals surface area contributed by atoms with Crippen LogP contribution in [0.3, 0.4) is 0 Å². The maximum atomic E-state index is 10.3. The highest BCUT2D eigenvalue weighted by Crippen LogP contribution is 2.32. The largest absolute Gasteiger partial charge is 0.364 e. The molecule has 3 rings (SSSR count). The fourth-order valence-corrected chi connectivity index (χ4v) is 3.94. The summed E-state index contributed by atoms with van der Waals surface area (Å²) in [5, 5.41) is 10.3. The molecule has 1 aromatic carbocycles. The zero-order chi connectivity index (χ0) is 14.7. The Bertz CT molecular complexity index is 460. The number of benzene rings is 1. The van der Waals surface area contributed by atoms with Gasteiger partial charge >= 0.3 is 0 Å². The van der Waals surface area contributed by atoms with E-state index in [4.69, 9.17) is 4.74 Å². The number of aliphatic hydroxyl groups is 1. The van der Waals surface area contributed by atoms with E-state index >= 15 is 0 Å². The predicted molar refractivity (Wildman–Crippen MR) is 84.0 cm³/mol. The van der Waals surface area contributed by atoms with E-state index in [1.807, 2.05) is 31.2 Å². The number of ether oxygens (including phenoxy) is 1. The van der Waals surface area contributed by atoms with Gasteiger partial charge in [0.1, 0.15) is 0 Å². The first kappa shape index (κ1) is 15.0. The minimum absolute atomic E-state index is 0.581. The van der Waals surface area contributed by atoms with E-state index in [0.717, 1.165) is 11.1 Å². The molecule has 1 N–H and O–H groups in total. The Morgan fingerprint density at radius 3 is 2.86 bits per heavy atom. The standard InChI is InChI=1S/C18H27NO2/c1-14-7-2-3-9-16(14)18(20)21-13-15-8-6-12-19-11-5-4-10-17(15)19/h2-3,7,9,15,17-18,20H,4-6,8,10-13H2,1H3/t15-,17+,18?/m0/s1. The van der Waals surface area contributed by atoms with Crippen LogP contribution >= 0.6 is 0 Å². The lowest BCUT2D eigenvalue weighted by atomic mass is 9.84. The third-order valence-corrected chi connectivity index (χ3v) is 5.15. The van der Waals surface area contributed by atoms with Crippen molar-refractivity contribution < 1.29 is 9.84 Å². The van der Waals surface area contributed by atoms with Gasteiger partial charge in [-0.1, -0.05) is 30.7 Å². The van der Waals surface area contributed by atoms with Crippen LogP contribution in [0.4, 0.5) is 0 Å². The SMILES string of the molecule is Cc1ccccc1C(O)OC[C@@H]1CCCN2CCCC[C@H]12. The predicted octanol–water partition coefficient (Wildman–Crippen LogP) is 3.27. The number of fused-ring (bicyclic) bond motifs is 1. The van der Waals surface area contributed by atoms with Gasteiger partial charge in [-0.25, -0.2) is 0 Å². The summed E-state index contributed by atoms with van der Waals surface area (Å²) >= 11 is 0. The number of piperidine rings is 2. The van der Waals surface area contributed by atoms with Crippen LogP contribution in [-0.2, 0) is 4.74 Å². The highest BCUT2D eigenvalue weighted by atomic mass is 16.6. The third kappa shape index (κ3) is 3.47. The molecule has 2 aliphatic heterocycles. The molecular weight excluding hydrogens is 262 g/mol. The van der Waals surface area contributed by atoms with E-state index in [9.17, 15) is 5.11 Å². The molecule has 0 aliphatic carbocycles. The van der Waals surface area contributed by atoms with Crippen molar-refractivity contribution in [3.63, 3.8) is 0 Å². The van der Waals surface area contributed by atoms with Crippen LogP contribution in [0.15, 0.2) is 24.3 Å². The van der Waals surface area contributed by atoms with Gasteiger partial charge in [0.05, 0.1) is 6.61 Å². The van der Waals surface area contributed by atoms with Gasteiger partial charge in [0.2, 0.25) is 0 Å². The lowest BCUT2D eigenvalue weighted by Gasteiger charge is -2.44. The Labute approximate surface area is 127 Å². The van der Waals surface area contributed by atoms with Gasteiger partial charge in [-0.2, -0.15) is 0 Å². The van der Waals surface area contributed by atoms with Crippen LogP contribution in [0.2, 0.25) is 0 Å². The van der Waals surface area contributed by atoms with Crippen molar-refractivity contribution in [2.24, 2.45) is 5.92 Å². The van der Waals surface area contributed by atoms with Crippen molar-refractivity contribution >= 4 is 0 Å². The smallest absolute Gasteiger partial charge is 0.181 e. The number of nitrogens with zero attached hydrogens (tertiary/aromatic N) is 1. The van der Waals surface area contributed by atoms with E-state index < -0.39 is 6.29 Å². The number of hydrogen-bond acceptors (Lipinski definition) is 3. The molecule has 1 unspecified atom stereocenters. The van der Waals surface area contributed by atoms with E-state index in [0.29, 0.717) is 18.6 Å². The number of hydrogen-bond donors (Lipinski definition) is 1. The quantitative estimate of drug-likeness (QED) is 0.864. The second kappa shape index (κ2) is 6.91. The molecule has 0 spiro atoms. The lowest BCUT2D eigenvalue weighted by molar-refractivity contribution is -0.126. The fraction of sp³-hybridized carbons (Fsp3) is 0.667. The molecular formula is C18H27NO2. The van der Waals surface area contributed by atoms with Gasteiger partial charge in [0.15, 0.2) is 6.29 Å². The summed E-state index contributed by atoms with van der Waals surface area (Å²) < 4.78 is 5.83. The van der Waals surface area contributed by atoms with Crippen LogP contribution in [0.25, 0.3) is 0 Å². The average molecular weight is 289 g/mol. The molecule has 2 saturated heterocycles. The highest BCUT2D eigenvalue weighted by Gasteiger charge is 2.33. The van der Waals surface area contributed by atoms with Crippen molar-refractivity contribution in [1.29, 1.82) is 0 Å². The molecule has 2 fully saturated rings. The first-order valence-electron chi connectivity index (χ1n) is 8.35. The summed E-state index contributed by atoms with van der Waals surface area (Å²) in [6, 6.07) is 8.60. The zero-order valence-electron chi connectivity index (χ0n) is 13.0. The van der Waals surface area contributed by atoms with Crippen molar-refractivity contribution in [2.45, 2.75) is 51.4 Å². The van der Waals surface area contributed by atoms with Crippen LogP contribution in [0.1, 0.15) is 49.5 Å². The van der Waals surface area contributed by atoms with Crippen molar-refractivity contribution in [3.8, 4) is 0 Å². The summed E-state index contributed by atoms with van der Waals surface area (Å²) in [6.07, 6.45) is 5.71. The number of aliphatic hydroxyl groups excluding tert-OH is 1. The molecule has 1 aromatic rings. The monoisotopic (exact) mass is 289 g/mol. The van der Waals surface area contributed by atoms with Gasteiger partial charge in [0.25, 0.3) is 0 Å². The Hall–Kier alpha value is -0.900. The van der Waals surface area contributed by atoms with Crippen molar-refractivity contribution in [3.05, 3.63) is 35.4 Å². The van der Waals surface area contributed by atoms with E-state index in [1.165, 1.54) is 45.2 Å². The van der Waals surface area contributed by atoms with Crippen LogP contribution in [-0.4, -0.2) is 35.7 Å². The maximum absolute atomic E-state index is 10.3. The molecule has 3 heteroatoms. The first-order valence-corrected chi connectivity index (χ1v) is 8.35. The van der Waals surface area contributed by atoms with E-state index in [-0.39, 0.29) is 0 Å². The Morgan fingerprint density at radius 1 is 1.19 bits per heavy atom. The van der Waals surface area contributed by atoms with E-state index in [1.54, 1.807) is 0 Å². The molecule has 0 bridgehead atoms. The molecule has 0 aromatic heterocycles. The second-order valence-electron chi connectivity index (χ2n) is 6.54. The molecule has 2 aliphatic rings. The van der Waals surface area contributed by atoms with Gasteiger partial charge in [-0.15, -0.1) is 0 Å². The summed E-state index contributed by atoms with van der Waals surface area (Å²) in [5.41, 5.74) is 1.99. The third-order valence-electron chi connectivity index (χ3n) is 5.15. The molecule has 116 valence electrons. The lowest BCUT2D eigenvalue weighted by Crippen LogP contribution is -2.49. The molecule has 3 nitrogen and oxygen atoms in total. The number of aryl methyl sites for hydroxylation is 1. The first-order chi connectivity index (χ1) is 10.3. The molecule has 0 amide bonds. The van der Waals surface area contributed by atoms with Crippen LogP contribution < -0.4 is 0 Å². The van der Waals surface area contributed by atoms with Crippen molar-refractivity contribution in [1.82, 2.24) is 4.90 Å². The second-order valence-corrected chi connectivity index (χ2v) is 6.54. The fourth-order valence-electron chi connectivity index (χ4n) is 3.94. The normalized spacial score (nSPS) is 28.1.